The zero-order valence-electron chi connectivity index (χ0n) is 56.4. The maximum Gasteiger partial charge on any atom is 0.134 e. The Bertz CT molecular complexity index is 1150. The highest BCUT2D eigenvalue weighted by molar-refractivity contribution is 5.78. The summed E-state index contributed by atoms with van der Waals surface area (Å²) in [5, 5.41) is 29.6. The summed E-state index contributed by atoms with van der Waals surface area (Å²) < 4.78 is 6.00. The molecule has 0 saturated carbocycles. The van der Waals surface area contributed by atoms with Crippen LogP contribution in [0.4, 0.5) is 0 Å². The van der Waals surface area contributed by atoms with Crippen LogP contribution in [0, 0.1) is 0 Å². The monoisotopic (exact) mass is 1160 g/mol. The van der Waals surface area contributed by atoms with Crippen LogP contribution in [0.15, 0.2) is 12.3 Å². The molecule has 2 atom stereocenters. The number of rotatable bonds is 73. The van der Waals surface area contributed by atoms with Gasteiger partial charge in [0.25, 0.3) is 0 Å². The van der Waals surface area contributed by atoms with E-state index in [0.29, 0.717) is 51.3 Å². The smallest absolute Gasteiger partial charge is 0.134 e. The third kappa shape index (κ3) is 65.0. The zero-order valence-corrected chi connectivity index (χ0v) is 56.4. The van der Waals surface area contributed by atoms with Crippen LogP contribution in [-0.4, -0.2) is 110 Å². The van der Waals surface area contributed by atoms with Crippen molar-refractivity contribution in [2.75, 3.05) is 72.1 Å². The Kier molecular flexibility index (Phi) is 68.2. The van der Waals surface area contributed by atoms with Crippen LogP contribution in [0.25, 0.3) is 0 Å². The van der Waals surface area contributed by atoms with Crippen LogP contribution < -0.4 is 10.6 Å². The van der Waals surface area contributed by atoms with Gasteiger partial charge in [-0.25, -0.2) is 0 Å². The average Bonchev–Trinajstić information content (AvgIpc) is 3.47. The molecule has 0 aromatic carbocycles. The summed E-state index contributed by atoms with van der Waals surface area (Å²) in [7, 11) is 0. The third-order valence-electron chi connectivity index (χ3n) is 17.6. The van der Waals surface area contributed by atoms with Crippen LogP contribution >= 0.6 is 0 Å². The summed E-state index contributed by atoms with van der Waals surface area (Å²) in [6.07, 6.45) is 69.3. The van der Waals surface area contributed by atoms with Gasteiger partial charge in [-0.15, -0.1) is 0 Å². The van der Waals surface area contributed by atoms with Gasteiger partial charge in [0.1, 0.15) is 5.78 Å². The molecule has 0 saturated heterocycles. The molecule has 0 bridgehead atoms. The minimum atomic E-state index is -0.443. The number of aliphatic hydroxyl groups excluding tert-OH is 2. The number of nitrogens with zero attached hydrogens (tertiary/aromatic N) is 2. The molecule has 0 aromatic rings. The second-order valence-corrected chi connectivity index (χ2v) is 26.1. The van der Waals surface area contributed by atoms with E-state index in [2.05, 4.69) is 54.7 Å². The van der Waals surface area contributed by atoms with Crippen LogP contribution in [0.2, 0.25) is 0 Å². The van der Waals surface area contributed by atoms with E-state index in [4.69, 9.17) is 4.74 Å². The van der Waals surface area contributed by atoms with Crippen LogP contribution in [-0.2, 0) is 9.53 Å². The van der Waals surface area contributed by atoms with Crippen molar-refractivity contribution in [3.8, 4) is 0 Å². The second kappa shape index (κ2) is 69.1. The van der Waals surface area contributed by atoms with E-state index >= 15 is 0 Å². The fourth-order valence-corrected chi connectivity index (χ4v) is 12.0. The maximum absolute atomic E-state index is 12.7. The molecule has 0 rings (SSSR count). The number of hydrogen-bond donors (Lipinski definition) is 4. The Morgan fingerprint density at radius 2 is 0.585 bits per heavy atom. The lowest BCUT2D eigenvalue weighted by atomic mass is 10.0. The standard InChI is InChI=1S/C74H150N4O4/c1-6-10-14-18-22-26-30-34-35-39-43-47-51-57-72(79)59-61-76-68-74(81)70-78(63-53-49-45-41-37-32-28-24-20-16-12-8-3)65-55-54-64-77(62-52-48-44-40-36-31-27-23-19-15-11-7-2)69-73(80)67-75-60-58-71(5)82-66-56-50-46-42-38-33-29-25-21-17-13-9-4/h73-76,80-81H,5-70H2,1-4H3. The molecule has 2 unspecified atom stereocenters. The SMILES string of the molecule is C=C(CCNCC(O)CN(CCCCCCCCCCCCCC)CCCCN(CCCCCCCCCCCCCC)CC(O)CNCCC(=O)CCCCCCCCCCCCCCC)OCCCCCCCCCCCCCC. The van der Waals surface area contributed by atoms with Crippen molar-refractivity contribution in [3.05, 3.63) is 12.3 Å². The minimum Gasteiger partial charge on any atom is -0.499 e. The lowest BCUT2D eigenvalue weighted by Gasteiger charge is -2.27. The highest BCUT2D eigenvalue weighted by Gasteiger charge is 2.15. The maximum atomic E-state index is 12.7. The topological polar surface area (TPSA) is 97.3 Å². The fourth-order valence-electron chi connectivity index (χ4n) is 12.0. The first-order valence-electron chi connectivity index (χ1n) is 37.4. The van der Waals surface area contributed by atoms with E-state index in [9.17, 15) is 15.0 Å². The minimum absolute atomic E-state index is 0.363. The molecule has 0 radical (unpaired) electrons. The van der Waals surface area contributed by atoms with Gasteiger partial charge in [-0.05, 0) is 64.7 Å². The van der Waals surface area contributed by atoms with Crippen molar-refractivity contribution in [1.82, 2.24) is 20.4 Å². The number of ketones is 1. The quantitative estimate of drug-likeness (QED) is 0.0353. The molecule has 0 aliphatic rings. The molecular weight excluding hydrogens is 1010 g/mol. The molecule has 8 nitrogen and oxygen atoms in total. The van der Waals surface area contributed by atoms with Crippen molar-refractivity contribution in [3.63, 3.8) is 0 Å². The first kappa shape index (κ1) is 81.0. The van der Waals surface area contributed by atoms with Crippen molar-refractivity contribution in [2.45, 2.75) is 387 Å². The van der Waals surface area contributed by atoms with Gasteiger partial charge in [-0.3, -0.25) is 4.79 Å². The fraction of sp³-hybridized carbons (Fsp3) is 0.959. The van der Waals surface area contributed by atoms with Gasteiger partial charge in [0, 0.05) is 58.5 Å². The Morgan fingerprint density at radius 1 is 0.341 bits per heavy atom. The molecule has 0 spiro atoms. The third-order valence-corrected chi connectivity index (χ3v) is 17.6. The number of aliphatic hydroxyl groups is 2. The molecule has 0 fully saturated rings. The van der Waals surface area contributed by atoms with E-state index < -0.39 is 12.2 Å². The Labute approximate surface area is 514 Å². The number of carbonyl (C=O) groups is 1. The molecule has 82 heavy (non-hydrogen) atoms. The largest absolute Gasteiger partial charge is 0.499 e. The van der Waals surface area contributed by atoms with Crippen LogP contribution in [0.5, 0.6) is 0 Å². The Balaban J connectivity index is 4.97. The number of nitrogens with one attached hydrogen (secondary N) is 2. The molecule has 0 aliphatic heterocycles. The van der Waals surface area contributed by atoms with Gasteiger partial charge >= 0.3 is 0 Å². The number of hydrogen-bond acceptors (Lipinski definition) is 8. The first-order chi connectivity index (χ1) is 40.4. The lowest BCUT2D eigenvalue weighted by molar-refractivity contribution is -0.119. The van der Waals surface area contributed by atoms with E-state index in [1.807, 2.05) is 0 Å². The van der Waals surface area contributed by atoms with Crippen molar-refractivity contribution in [2.24, 2.45) is 0 Å². The average molecular weight is 1160 g/mol. The van der Waals surface area contributed by atoms with E-state index in [0.717, 1.165) is 77.2 Å². The summed E-state index contributed by atoms with van der Waals surface area (Å²) in [5.74, 6) is 1.22. The van der Waals surface area contributed by atoms with Gasteiger partial charge in [-0.1, -0.05) is 323 Å². The first-order valence-corrected chi connectivity index (χ1v) is 37.4. The predicted molar refractivity (Wildman–Crippen MR) is 363 cm³/mol. The van der Waals surface area contributed by atoms with Crippen LogP contribution in [0.1, 0.15) is 374 Å². The molecule has 4 N–H and O–H groups in total. The van der Waals surface area contributed by atoms with Gasteiger partial charge in [0.05, 0.1) is 24.6 Å². The highest BCUT2D eigenvalue weighted by Crippen LogP contribution is 2.18. The van der Waals surface area contributed by atoms with Gasteiger partial charge in [0.2, 0.25) is 0 Å². The predicted octanol–water partition coefficient (Wildman–Crippen LogP) is 20.7. The molecule has 0 heterocycles. The molecular formula is C74H150N4O4. The van der Waals surface area contributed by atoms with Crippen molar-refractivity contribution < 1.29 is 19.7 Å². The number of ether oxygens (including phenoxy) is 1. The second-order valence-electron chi connectivity index (χ2n) is 26.1. The molecule has 8 heteroatoms. The van der Waals surface area contributed by atoms with Crippen LogP contribution in [0.3, 0.4) is 0 Å². The van der Waals surface area contributed by atoms with Crippen molar-refractivity contribution >= 4 is 5.78 Å². The van der Waals surface area contributed by atoms with E-state index in [-0.39, 0.29) is 0 Å². The Morgan fingerprint density at radius 3 is 0.890 bits per heavy atom. The molecule has 0 aliphatic carbocycles. The summed E-state index contributed by atoms with van der Waals surface area (Å²) in [5.41, 5.74) is 0. The summed E-state index contributed by atoms with van der Waals surface area (Å²) in [6.45, 7) is 22.2. The van der Waals surface area contributed by atoms with Crippen molar-refractivity contribution in [1.29, 1.82) is 0 Å². The van der Waals surface area contributed by atoms with Gasteiger partial charge < -0.3 is 35.4 Å². The lowest BCUT2D eigenvalue weighted by Crippen LogP contribution is -2.41. The summed E-state index contributed by atoms with van der Waals surface area (Å²) in [6, 6.07) is 0. The molecule has 0 amide bonds. The van der Waals surface area contributed by atoms with E-state index in [1.54, 1.807) is 0 Å². The Hall–Kier alpha value is -1.03. The summed E-state index contributed by atoms with van der Waals surface area (Å²) >= 11 is 0. The normalized spacial score (nSPS) is 12.6. The highest BCUT2D eigenvalue weighted by atomic mass is 16.5. The molecule has 490 valence electrons. The number of carbonyl (C=O) groups excluding carboxylic acids is 1. The van der Waals surface area contributed by atoms with E-state index in [1.165, 1.54) is 302 Å². The molecule has 0 aromatic heterocycles. The summed E-state index contributed by atoms with van der Waals surface area (Å²) in [4.78, 5) is 17.8. The number of unbranched alkanes of at least 4 members (excludes halogenated alkanes) is 46. The number of Topliss-reactive ketones (excluding diaryl/α,β-unsaturated/α-hetero) is 1. The van der Waals surface area contributed by atoms with Gasteiger partial charge in [-0.2, -0.15) is 0 Å². The zero-order chi connectivity index (χ0) is 59.5. The van der Waals surface area contributed by atoms with Gasteiger partial charge in [0.15, 0.2) is 0 Å².